The second-order valence-electron chi connectivity index (χ2n) is 3.89. The summed E-state index contributed by atoms with van der Waals surface area (Å²) in [5.74, 6) is -0.292. The second-order valence-corrected chi connectivity index (χ2v) is 5.05. The van der Waals surface area contributed by atoms with Crippen molar-refractivity contribution < 1.29 is 9.50 Å². The first kappa shape index (κ1) is 11.3. The number of hydrogen-bond donors (Lipinski definition) is 1. The Balaban J connectivity index is 2.22. The van der Waals surface area contributed by atoms with Gasteiger partial charge in [-0.1, -0.05) is 11.3 Å². The minimum absolute atomic E-state index is 0.156. The van der Waals surface area contributed by atoms with E-state index in [0.717, 1.165) is 15.5 Å². The van der Waals surface area contributed by atoms with Crippen molar-refractivity contribution in [2.24, 2.45) is 0 Å². The molecule has 1 aromatic carbocycles. The highest BCUT2D eigenvalue weighted by Crippen LogP contribution is 2.26. The van der Waals surface area contributed by atoms with Crippen LogP contribution in [-0.2, 0) is 6.61 Å². The van der Waals surface area contributed by atoms with Gasteiger partial charge in [-0.2, -0.15) is 5.10 Å². The summed E-state index contributed by atoms with van der Waals surface area (Å²) < 4.78 is 14.5. The summed E-state index contributed by atoms with van der Waals surface area (Å²) in [5, 5.41) is 14.6. The van der Waals surface area contributed by atoms with E-state index >= 15 is 0 Å². The van der Waals surface area contributed by atoms with Crippen molar-refractivity contribution in [3.05, 3.63) is 40.8 Å². The fraction of sp³-hybridized carbons (Fsp3) is 0.167. The average molecular weight is 263 g/mol. The molecule has 3 aromatic rings. The molecular weight excluding hydrogens is 253 g/mol. The first-order valence-corrected chi connectivity index (χ1v) is 6.22. The van der Waals surface area contributed by atoms with Crippen LogP contribution in [0.15, 0.2) is 24.3 Å². The maximum absolute atomic E-state index is 12.9. The summed E-state index contributed by atoms with van der Waals surface area (Å²) in [5.41, 5.74) is 2.05. The lowest BCUT2D eigenvalue weighted by atomic mass is 10.1. The molecule has 0 fully saturated rings. The maximum atomic E-state index is 12.9. The van der Waals surface area contributed by atoms with Gasteiger partial charge in [0.05, 0.1) is 18.0 Å². The third-order valence-electron chi connectivity index (χ3n) is 2.66. The Morgan fingerprint density at radius 2 is 2.06 bits per heavy atom. The monoisotopic (exact) mass is 263 g/mol. The molecule has 2 aromatic heterocycles. The van der Waals surface area contributed by atoms with Crippen LogP contribution in [0.25, 0.3) is 16.2 Å². The lowest BCUT2D eigenvalue weighted by Crippen LogP contribution is -1.95. The maximum Gasteiger partial charge on any atom is 0.213 e. The van der Waals surface area contributed by atoms with Crippen LogP contribution in [0.2, 0.25) is 0 Å². The van der Waals surface area contributed by atoms with Crippen molar-refractivity contribution in [1.82, 2.24) is 14.6 Å². The molecule has 0 aliphatic heterocycles. The van der Waals surface area contributed by atoms with Gasteiger partial charge in [0.25, 0.3) is 0 Å². The van der Waals surface area contributed by atoms with Gasteiger partial charge in [-0.25, -0.2) is 13.9 Å². The molecule has 6 heteroatoms. The number of aryl methyl sites for hydroxylation is 1. The highest BCUT2D eigenvalue weighted by molar-refractivity contribution is 7.16. The Morgan fingerprint density at radius 1 is 1.33 bits per heavy atom. The molecule has 0 aliphatic rings. The fourth-order valence-corrected chi connectivity index (χ4v) is 2.63. The lowest BCUT2D eigenvalue weighted by Gasteiger charge is -2.00. The highest BCUT2D eigenvalue weighted by Gasteiger charge is 2.16. The Bertz CT molecular complexity index is 702. The van der Waals surface area contributed by atoms with Crippen molar-refractivity contribution in [2.75, 3.05) is 0 Å². The Kier molecular flexibility index (Phi) is 2.61. The van der Waals surface area contributed by atoms with Crippen LogP contribution in [0.3, 0.4) is 0 Å². The van der Waals surface area contributed by atoms with Crippen LogP contribution in [0.4, 0.5) is 4.39 Å². The van der Waals surface area contributed by atoms with Crippen LogP contribution in [-0.4, -0.2) is 19.7 Å². The summed E-state index contributed by atoms with van der Waals surface area (Å²) in [7, 11) is 0. The first-order chi connectivity index (χ1) is 8.69. The molecule has 3 rings (SSSR count). The van der Waals surface area contributed by atoms with E-state index < -0.39 is 0 Å². The van der Waals surface area contributed by atoms with E-state index in [1.54, 1.807) is 16.6 Å². The molecule has 1 N–H and O–H groups in total. The van der Waals surface area contributed by atoms with Gasteiger partial charge in [-0.15, -0.1) is 0 Å². The minimum atomic E-state index is -0.292. The van der Waals surface area contributed by atoms with Crippen molar-refractivity contribution in [3.8, 4) is 11.3 Å². The molecular formula is C12H10FN3OS. The number of aromatic nitrogens is 3. The molecule has 0 radical (unpaired) electrons. The summed E-state index contributed by atoms with van der Waals surface area (Å²) in [6.45, 7) is 1.73. The number of halogens is 1. The number of fused-ring (bicyclic) bond motifs is 1. The number of aliphatic hydroxyl groups is 1. The van der Waals surface area contributed by atoms with Crippen LogP contribution in [0.1, 0.15) is 10.7 Å². The topological polar surface area (TPSA) is 50.4 Å². The van der Waals surface area contributed by atoms with E-state index in [-0.39, 0.29) is 12.4 Å². The smallest absolute Gasteiger partial charge is 0.213 e. The minimum Gasteiger partial charge on any atom is -0.390 e. The molecule has 0 amide bonds. The van der Waals surface area contributed by atoms with E-state index in [1.807, 2.05) is 6.92 Å². The molecule has 18 heavy (non-hydrogen) atoms. The second kappa shape index (κ2) is 4.15. The third kappa shape index (κ3) is 1.70. The van der Waals surface area contributed by atoms with E-state index in [2.05, 4.69) is 10.1 Å². The molecule has 0 aliphatic carbocycles. The molecule has 92 valence electrons. The SMILES string of the molecule is Cc1nn2c(CO)c(-c3ccc(F)cc3)nc2s1. The average Bonchev–Trinajstić information content (AvgIpc) is 2.85. The van der Waals surface area contributed by atoms with Gasteiger partial charge in [0.2, 0.25) is 4.96 Å². The first-order valence-electron chi connectivity index (χ1n) is 5.41. The van der Waals surface area contributed by atoms with Crippen molar-refractivity contribution in [3.63, 3.8) is 0 Å². The Morgan fingerprint density at radius 3 is 2.72 bits per heavy atom. The van der Waals surface area contributed by atoms with Gasteiger partial charge in [0, 0.05) is 5.56 Å². The molecule has 0 saturated carbocycles. The highest BCUT2D eigenvalue weighted by atomic mass is 32.1. The Hall–Kier alpha value is -1.79. The van der Waals surface area contributed by atoms with E-state index in [9.17, 15) is 9.50 Å². The Labute approximate surface area is 106 Å². The van der Waals surface area contributed by atoms with Crippen LogP contribution in [0, 0.1) is 12.7 Å². The molecule has 2 heterocycles. The lowest BCUT2D eigenvalue weighted by molar-refractivity contribution is 0.275. The van der Waals surface area contributed by atoms with Gasteiger partial charge in [0.1, 0.15) is 10.8 Å². The number of hydrogen-bond acceptors (Lipinski definition) is 4. The van der Waals surface area contributed by atoms with Crippen molar-refractivity contribution in [1.29, 1.82) is 0 Å². The van der Waals surface area contributed by atoms with Crippen molar-refractivity contribution >= 4 is 16.3 Å². The summed E-state index contributed by atoms with van der Waals surface area (Å²) in [6, 6.07) is 6.05. The molecule has 0 atom stereocenters. The van der Waals surface area contributed by atoms with Crippen LogP contribution < -0.4 is 0 Å². The number of benzene rings is 1. The molecule has 0 spiro atoms. The van der Waals surface area contributed by atoms with Gasteiger partial charge in [0.15, 0.2) is 0 Å². The standard InChI is InChI=1S/C12H10FN3OS/c1-7-15-16-10(6-17)11(14-12(16)18-7)8-2-4-9(13)5-3-8/h2-5,17H,6H2,1H3. The van der Waals surface area contributed by atoms with Crippen LogP contribution in [0.5, 0.6) is 0 Å². The zero-order chi connectivity index (χ0) is 12.7. The number of aliphatic hydroxyl groups excluding tert-OH is 1. The van der Waals surface area contributed by atoms with Crippen molar-refractivity contribution in [2.45, 2.75) is 13.5 Å². The van der Waals surface area contributed by atoms with Gasteiger partial charge < -0.3 is 5.11 Å². The molecule has 0 unspecified atom stereocenters. The predicted molar refractivity (Wildman–Crippen MR) is 66.9 cm³/mol. The van der Waals surface area contributed by atoms with Gasteiger partial charge in [-0.05, 0) is 31.2 Å². The number of rotatable bonds is 2. The van der Waals surface area contributed by atoms with Crippen LogP contribution >= 0.6 is 11.3 Å². The summed E-state index contributed by atoms with van der Waals surface area (Å²) >= 11 is 1.46. The molecule has 0 saturated heterocycles. The van der Waals surface area contributed by atoms with E-state index in [1.165, 1.54) is 23.5 Å². The van der Waals surface area contributed by atoms with Gasteiger partial charge >= 0.3 is 0 Å². The van der Waals surface area contributed by atoms with Gasteiger partial charge in [-0.3, -0.25) is 0 Å². The molecule has 0 bridgehead atoms. The summed E-state index contributed by atoms with van der Waals surface area (Å²) in [6.07, 6.45) is 0. The fourth-order valence-electron chi connectivity index (χ4n) is 1.87. The predicted octanol–water partition coefficient (Wildman–Crippen LogP) is 2.40. The summed E-state index contributed by atoms with van der Waals surface area (Å²) in [4.78, 5) is 5.17. The third-order valence-corrected chi connectivity index (χ3v) is 3.49. The normalized spacial score (nSPS) is 11.3. The molecule has 4 nitrogen and oxygen atoms in total. The number of imidazole rings is 1. The zero-order valence-electron chi connectivity index (χ0n) is 9.59. The zero-order valence-corrected chi connectivity index (χ0v) is 10.4. The quantitative estimate of drug-likeness (QED) is 0.772. The number of nitrogens with zero attached hydrogens (tertiary/aromatic N) is 3. The largest absolute Gasteiger partial charge is 0.390 e. The van der Waals surface area contributed by atoms with E-state index in [0.29, 0.717) is 11.4 Å². The van der Waals surface area contributed by atoms with E-state index in [4.69, 9.17) is 0 Å².